The van der Waals surface area contributed by atoms with Crippen LogP contribution in [0.4, 0.5) is 0 Å². The summed E-state index contributed by atoms with van der Waals surface area (Å²) in [6.07, 6.45) is 6.56. The molecule has 1 aliphatic rings. The number of amides is 3. The average molecular weight is 387 g/mol. The molecular formula is C21H17N5O3. The third kappa shape index (κ3) is 3.31. The molecule has 0 fully saturated rings. The van der Waals surface area contributed by atoms with Gasteiger partial charge in [-0.25, -0.2) is 9.67 Å². The van der Waals surface area contributed by atoms with Gasteiger partial charge in [0.05, 0.1) is 11.1 Å². The molecule has 1 aliphatic heterocycles. The van der Waals surface area contributed by atoms with E-state index in [0.717, 1.165) is 10.5 Å². The van der Waals surface area contributed by atoms with Crippen LogP contribution in [0.3, 0.4) is 0 Å². The fourth-order valence-corrected chi connectivity index (χ4v) is 3.17. The monoisotopic (exact) mass is 387 g/mol. The quantitative estimate of drug-likeness (QED) is 0.515. The van der Waals surface area contributed by atoms with Crippen molar-refractivity contribution < 1.29 is 14.4 Å². The normalized spacial score (nSPS) is 12.8. The van der Waals surface area contributed by atoms with Crippen molar-refractivity contribution in [3.05, 3.63) is 89.9 Å². The summed E-state index contributed by atoms with van der Waals surface area (Å²) in [6.45, 7) is 3.92. The Balaban J connectivity index is 1.53. The van der Waals surface area contributed by atoms with Crippen molar-refractivity contribution in [1.29, 1.82) is 0 Å². The van der Waals surface area contributed by atoms with E-state index in [1.165, 1.54) is 24.3 Å². The van der Waals surface area contributed by atoms with Crippen LogP contribution in [-0.4, -0.2) is 43.9 Å². The van der Waals surface area contributed by atoms with Crippen LogP contribution in [-0.2, 0) is 6.54 Å². The van der Waals surface area contributed by atoms with E-state index >= 15 is 0 Å². The zero-order valence-electron chi connectivity index (χ0n) is 15.4. The maximum Gasteiger partial charge on any atom is 0.261 e. The highest BCUT2D eigenvalue weighted by molar-refractivity contribution is 6.22. The van der Waals surface area contributed by atoms with Crippen LogP contribution in [0.2, 0.25) is 0 Å². The van der Waals surface area contributed by atoms with Crippen molar-refractivity contribution in [2.45, 2.75) is 6.54 Å². The molecule has 8 nitrogen and oxygen atoms in total. The van der Waals surface area contributed by atoms with Crippen LogP contribution in [0.1, 0.15) is 36.6 Å². The Labute approximate surface area is 166 Å². The molecule has 0 saturated carbocycles. The van der Waals surface area contributed by atoms with Gasteiger partial charge >= 0.3 is 0 Å². The van der Waals surface area contributed by atoms with Crippen molar-refractivity contribution in [3.63, 3.8) is 0 Å². The lowest BCUT2D eigenvalue weighted by Gasteiger charge is -2.10. The summed E-state index contributed by atoms with van der Waals surface area (Å²) in [4.78, 5) is 42.8. The molecule has 3 amide bonds. The Morgan fingerprint density at radius 1 is 1.10 bits per heavy atom. The Morgan fingerprint density at radius 3 is 2.69 bits per heavy atom. The largest absolute Gasteiger partial charge is 0.348 e. The zero-order chi connectivity index (χ0) is 20.4. The zero-order valence-corrected chi connectivity index (χ0v) is 15.4. The summed E-state index contributed by atoms with van der Waals surface area (Å²) in [5.41, 5.74) is 1.61. The first-order chi connectivity index (χ1) is 14.1. The van der Waals surface area contributed by atoms with Crippen LogP contribution in [0, 0.1) is 0 Å². The van der Waals surface area contributed by atoms with E-state index in [9.17, 15) is 14.4 Å². The Morgan fingerprint density at radius 2 is 1.93 bits per heavy atom. The molecule has 1 aromatic carbocycles. The Hall–Kier alpha value is -4.07. The van der Waals surface area contributed by atoms with Crippen LogP contribution in [0.25, 0.3) is 5.82 Å². The fourth-order valence-electron chi connectivity index (χ4n) is 3.17. The number of hydrogen-bond donors (Lipinski definition) is 1. The SMILES string of the molecule is C=CCN1C(=O)c2ccc(C(=O)NCc3cccnc3-n3cccn3)cc2C1=O. The summed E-state index contributed by atoms with van der Waals surface area (Å²) in [5, 5.41) is 6.99. The molecule has 1 N–H and O–H groups in total. The number of pyridine rings is 1. The van der Waals surface area contributed by atoms with Crippen LogP contribution < -0.4 is 5.32 Å². The van der Waals surface area contributed by atoms with Crippen molar-refractivity contribution >= 4 is 17.7 Å². The molecule has 2 aromatic heterocycles. The molecule has 0 atom stereocenters. The Bertz CT molecular complexity index is 1120. The smallest absolute Gasteiger partial charge is 0.261 e. The maximum atomic E-state index is 12.6. The number of rotatable bonds is 6. The third-order valence-electron chi connectivity index (χ3n) is 4.57. The number of hydrogen-bond acceptors (Lipinski definition) is 5. The second-order valence-corrected chi connectivity index (χ2v) is 6.39. The van der Waals surface area contributed by atoms with Gasteiger partial charge in [-0.15, -0.1) is 6.58 Å². The molecule has 29 heavy (non-hydrogen) atoms. The molecule has 3 aromatic rings. The molecule has 0 unspecified atom stereocenters. The molecule has 144 valence electrons. The van der Waals surface area contributed by atoms with Crippen molar-refractivity contribution in [1.82, 2.24) is 25.0 Å². The van der Waals surface area contributed by atoms with Gasteiger partial charge in [0.25, 0.3) is 17.7 Å². The number of carbonyl (C=O) groups is 3. The third-order valence-corrected chi connectivity index (χ3v) is 4.57. The predicted molar refractivity (Wildman–Crippen MR) is 105 cm³/mol. The highest BCUT2D eigenvalue weighted by Gasteiger charge is 2.35. The van der Waals surface area contributed by atoms with Gasteiger partial charge in [-0.1, -0.05) is 12.1 Å². The summed E-state index contributed by atoms with van der Waals surface area (Å²) < 4.78 is 1.62. The van der Waals surface area contributed by atoms with Crippen LogP contribution in [0.5, 0.6) is 0 Å². The number of aromatic nitrogens is 3. The molecule has 0 aliphatic carbocycles. The van der Waals surface area contributed by atoms with Gasteiger partial charge in [-0.3, -0.25) is 19.3 Å². The molecular weight excluding hydrogens is 370 g/mol. The minimum Gasteiger partial charge on any atom is -0.348 e. The predicted octanol–water partition coefficient (Wildman–Crippen LogP) is 1.98. The van der Waals surface area contributed by atoms with E-state index in [1.54, 1.807) is 35.4 Å². The minimum absolute atomic E-state index is 0.130. The summed E-state index contributed by atoms with van der Waals surface area (Å²) in [7, 11) is 0. The number of nitrogens with one attached hydrogen (secondary N) is 1. The highest BCUT2D eigenvalue weighted by atomic mass is 16.2. The average Bonchev–Trinajstić information content (AvgIpc) is 3.36. The van der Waals surface area contributed by atoms with Crippen LogP contribution >= 0.6 is 0 Å². The second-order valence-electron chi connectivity index (χ2n) is 6.39. The van der Waals surface area contributed by atoms with Crippen LogP contribution in [0.15, 0.2) is 67.6 Å². The van der Waals surface area contributed by atoms with Crippen molar-refractivity contribution in [3.8, 4) is 5.82 Å². The van der Waals surface area contributed by atoms with E-state index in [0.29, 0.717) is 16.9 Å². The molecule has 4 rings (SSSR count). The van der Waals surface area contributed by atoms with Gasteiger partial charge in [0.1, 0.15) is 0 Å². The number of imide groups is 1. The van der Waals surface area contributed by atoms with E-state index < -0.39 is 5.91 Å². The number of nitrogens with zero attached hydrogens (tertiary/aromatic N) is 4. The van der Waals surface area contributed by atoms with Gasteiger partial charge in [-0.05, 0) is 30.3 Å². The molecule has 8 heteroatoms. The number of fused-ring (bicyclic) bond motifs is 1. The topological polar surface area (TPSA) is 97.2 Å². The van der Waals surface area contributed by atoms with E-state index in [4.69, 9.17) is 0 Å². The lowest BCUT2D eigenvalue weighted by atomic mass is 10.1. The van der Waals surface area contributed by atoms with E-state index in [-0.39, 0.29) is 30.5 Å². The van der Waals surface area contributed by atoms with E-state index in [2.05, 4.69) is 22.0 Å². The van der Waals surface area contributed by atoms with Crippen molar-refractivity contribution in [2.24, 2.45) is 0 Å². The van der Waals surface area contributed by atoms with Gasteiger partial charge in [0.2, 0.25) is 0 Å². The molecule has 3 heterocycles. The van der Waals surface area contributed by atoms with Gasteiger partial charge < -0.3 is 5.32 Å². The number of carbonyl (C=O) groups excluding carboxylic acids is 3. The van der Waals surface area contributed by atoms with Crippen molar-refractivity contribution in [2.75, 3.05) is 6.54 Å². The van der Waals surface area contributed by atoms with E-state index in [1.807, 2.05) is 6.07 Å². The summed E-state index contributed by atoms with van der Waals surface area (Å²) >= 11 is 0. The van der Waals surface area contributed by atoms with Gasteiger partial charge in [0, 0.05) is 42.8 Å². The molecule has 0 spiro atoms. The summed E-state index contributed by atoms with van der Waals surface area (Å²) in [5.74, 6) is -0.540. The second kappa shape index (κ2) is 7.51. The standard InChI is InChI=1S/C21H17N5O3/c1-2-10-25-20(28)16-7-6-14(12-17(16)21(25)29)19(27)23-13-15-5-3-8-22-18(15)26-11-4-9-24-26/h2-9,11-12H,1,10,13H2,(H,23,27). The molecule has 0 saturated heterocycles. The van der Waals surface area contributed by atoms with Gasteiger partial charge in [0.15, 0.2) is 5.82 Å². The first kappa shape index (κ1) is 18.3. The Kier molecular flexibility index (Phi) is 4.74. The first-order valence-electron chi connectivity index (χ1n) is 8.93. The molecule has 0 bridgehead atoms. The maximum absolute atomic E-state index is 12.6. The highest BCUT2D eigenvalue weighted by Crippen LogP contribution is 2.24. The fraction of sp³-hybridized carbons (Fsp3) is 0.0952. The minimum atomic E-state index is -0.423. The molecule has 0 radical (unpaired) electrons. The lowest BCUT2D eigenvalue weighted by Crippen LogP contribution is -2.29. The lowest BCUT2D eigenvalue weighted by molar-refractivity contribution is 0.0672. The van der Waals surface area contributed by atoms with Gasteiger partial charge in [-0.2, -0.15) is 5.10 Å². The summed E-state index contributed by atoms with van der Waals surface area (Å²) in [6, 6.07) is 9.91. The first-order valence-corrected chi connectivity index (χ1v) is 8.93. The number of benzene rings is 1.